The van der Waals surface area contributed by atoms with Gasteiger partial charge < -0.3 is 4.74 Å². The summed E-state index contributed by atoms with van der Waals surface area (Å²) in [6.07, 6.45) is 3.33. The second-order valence-corrected chi connectivity index (χ2v) is 7.23. The molecule has 2 heterocycles. The van der Waals surface area contributed by atoms with E-state index in [0.29, 0.717) is 18.0 Å². The molecule has 0 aromatic heterocycles. The van der Waals surface area contributed by atoms with Crippen LogP contribution in [0, 0.1) is 12.8 Å². The van der Waals surface area contributed by atoms with Crippen molar-refractivity contribution in [1.29, 1.82) is 0 Å². The minimum Gasteiger partial charge on any atom is -0.463 e. The fourth-order valence-corrected chi connectivity index (χ4v) is 4.26. The summed E-state index contributed by atoms with van der Waals surface area (Å²) in [5.41, 5.74) is 2.56. The van der Waals surface area contributed by atoms with Crippen LogP contribution in [0.5, 0.6) is 0 Å². The second kappa shape index (κ2) is 6.04. The predicted octanol–water partition coefficient (Wildman–Crippen LogP) is 3.51. The van der Waals surface area contributed by atoms with Crippen molar-refractivity contribution in [2.24, 2.45) is 5.92 Å². The van der Waals surface area contributed by atoms with Crippen molar-refractivity contribution in [1.82, 2.24) is 4.90 Å². The Bertz CT molecular complexity index is 537. The molecule has 2 aliphatic rings. The summed E-state index contributed by atoms with van der Waals surface area (Å²) in [4.78, 5) is 15.2. The number of esters is 1. The van der Waals surface area contributed by atoms with Gasteiger partial charge in [0, 0.05) is 18.0 Å². The molecule has 1 aromatic carbocycles. The number of fused-ring (bicyclic) bond motifs is 2. The molecular weight excluding hydrogens is 274 g/mol. The van der Waals surface area contributed by atoms with Gasteiger partial charge in [0.2, 0.25) is 0 Å². The summed E-state index contributed by atoms with van der Waals surface area (Å²) in [5.74, 6) is 0.243. The van der Waals surface area contributed by atoms with E-state index >= 15 is 0 Å². The number of aryl methyl sites for hydroxylation is 1. The highest BCUT2D eigenvalue weighted by Crippen LogP contribution is 2.46. The van der Waals surface area contributed by atoms with Gasteiger partial charge in [0.05, 0.1) is 12.0 Å². The van der Waals surface area contributed by atoms with Gasteiger partial charge in [0.1, 0.15) is 0 Å². The molecule has 3 rings (SSSR count). The zero-order valence-corrected chi connectivity index (χ0v) is 14.1. The molecule has 22 heavy (non-hydrogen) atoms. The molecule has 120 valence electrons. The maximum Gasteiger partial charge on any atom is 0.311 e. The van der Waals surface area contributed by atoms with E-state index in [0.717, 1.165) is 12.8 Å². The molecule has 2 fully saturated rings. The second-order valence-electron chi connectivity index (χ2n) is 7.23. The van der Waals surface area contributed by atoms with Gasteiger partial charge in [0.25, 0.3) is 0 Å². The third kappa shape index (κ3) is 2.79. The van der Waals surface area contributed by atoms with Crippen molar-refractivity contribution >= 4 is 5.97 Å². The topological polar surface area (TPSA) is 29.5 Å². The van der Waals surface area contributed by atoms with Crippen LogP contribution in [0.2, 0.25) is 0 Å². The lowest BCUT2D eigenvalue weighted by Gasteiger charge is -2.42. The van der Waals surface area contributed by atoms with Crippen LogP contribution >= 0.6 is 0 Å². The number of carbonyl (C=O) groups excluding carboxylic acids is 1. The van der Waals surface area contributed by atoms with Gasteiger partial charge in [-0.3, -0.25) is 9.69 Å². The highest BCUT2D eigenvalue weighted by molar-refractivity contribution is 5.75. The van der Waals surface area contributed by atoms with Crippen LogP contribution in [0.3, 0.4) is 0 Å². The first-order valence-corrected chi connectivity index (χ1v) is 8.46. The molecule has 2 aliphatic heterocycles. The number of benzene rings is 1. The van der Waals surface area contributed by atoms with Crippen molar-refractivity contribution in [3.05, 3.63) is 35.4 Å². The Balaban J connectivity index is 1.91. The minimum atomic E-state index is -0.0457. The Morgan fingerprint density at radius 2 is 1.91 bits per heavy atom. The summed E-state index contributed by atoms with van der Waals surface area (Å²) in [6.45, 7) is 5.97. The van der Waals surface area contributed by atoms with E-state index in [9.17, 15) is 4.79 Å². The molecule has 0 unspecified atom stereocenters. The number of hydrogen-bond donors (Lipinski definition) is 0. The Hall–Kier alpha value is -1.35. The molecule has 2 bridgehead atoms. The lowest BCUT2D eigenvalue weighted by Crippen LogP contribution is -2.49. The minimum absolute atomic E-state index is 0.0159. The molecular formula is C19H27NO2. The van der Waals surface area contributed by atoms with E-state index in [2.05, 4.69) is 43.1 Å². The van der Waals surface area contributed by atoms with Gasteiger partial charge in [-0.25, -0.2) is 0 Å². The molecule has 0 radical (unpaired) electrons. The maximum atomic E-state index is 12.7. The molecule has 0 aliphatic carbocycles. The average Bonchev–Trinajstić information content (AvgIpc) is 2.71. The predicted molar refractivity (Wildman–Crippen MR) is 87.8 cm³/mol. The number of carbonyl (C=O) groups is 1. The lowest BCUT2D eigenvalue weighted by atomic mass is 9.76. The van der Waals surface area contributed by atoms with Gasteiger partial charge in [-0.2, -0.15) is 0 Å². The standard InChI is InChI=1S/C19H27NO2/c1-12(2)22-19(21)18-16(14-7-5-13(3)6-8-14)11-15-9-10-17(18)20(15)4/h5-8,12,15-18H,9-11H2,1-4H3/t15-,16-,17+,18+/m1/s1. The fourth-order valence-electron chi connectivity index (χ4n) is 4.26. The Morgan fingerprint density at radius 3 is 2.55 bits per heavy atom. The normalized spacial score (nSPS) is 31.5. The van der Waals surface area contributed by atoms with Crippen LogP contribution in [-0.4, -0.2) is 36.1 Å². The van der Waals surface area contributed by atoms with Crippen LogP contribution in [-0.2, 0) is 9.53 Å². The van der Waals surface area contributed by atoms with Crippen LogP contribution in [0.25, 0.3) is 0 Å². The third-order valence-electron chi connectivity index (χ3n) is 5.40. The Labute approximate surface area is 133 Å². The van der Waals surface area contributed by atoms with Gasteiger partial charge in [-0.15, -0.1) is 0 Å². The van der Waals surface area contributed by atoms with Crippen LogP contribution in [0.1, 0.15) is 50.2 Å². The van der Waals surface area contributed by atoms with E-state index in [1.807, 2.05) is 13.8 Å². The SMILES string of the molecule is Cc1ccc([C@H]2C[C@H]3CC[C@@H]([C@H]2C(=O)OC(C)C)N3C)cc1. The molecule has 0 spiro atoms. The Morgan fingerprint density at radius 1 is 1.23 bits per heavy atom. The van der Waals surface area contributed by atoms with Gasteiger partial charge >= 0.3 is 5.97 Å². The number of rotatable bonds is 3. The smallest absolute Gasteiger partial charge is 0.311 e. The lowest BCUT2D eigenvalue weighted by molar-refractivity contribution is -0.157. The van der Waals surface area contributed by atoms with E-state index < -0.39 is 0 Å². The summed E-state index contributed by atoms with van der Waals surface area (Å²) >= 11 is 0. The maximum absolute atomic E-state index is 12.7. The third-order valence-corrected chi connectivity index (χ3v) is 5.40. The zero-order chi connectivity index (χ0) is 15.9. The zero-order valence-electron chi connectivity index (χ0n) is 14.1. The van der Waals surface area contributed by atoms with Gasteiger partial charge in [-0.05, 0) is 52.6 Å². The van der Waals surface area contributed by atoms with E-state index in [-0.39, 0.29) is 18.0 Å². The summed E-state index contributed by atoms with van der Waals surface area (Å²) in [7, 11) is 2.17. The molecule has 4 atom stereocenters. The number of ether oxygens (including phenoxy) is 1. The molecule has 3 nitrogen and oxygen atoms in total. The highest BCUT2D eigenvalue weighted by Gasteiger charge is 2.49. The van der Waals surface area contributed by atoms with Gasteiger partial charge in [0.15, 0.2) is 0 Å². The first-order chi connectivity index (χ1) is 10.5. The van der Waals surface area contributed by atoms with Crippen LogP contribution in [0.4, 0.5) is 0 Å². The van der Waals surface area contributed by atoms with E-state index in [1.54, 1.807) is 0 Å². The Kier molecular flexibility index (Phi) is 4.26. The van der Waals surface area contributed by atoms with Crippen molar-refractivity contribution in [2.75, 3.05) is 7.05 Å². The first kappa shape index (κ1) is 15.5. The number of piperidine rings is 1. The van der Waals surface area contributed by atoms with Crippen molar-refractivity contribution in [2.45, 2.75) is 64.1 Å². The summed E-state index contributed by atoms with van der Waals surface area (Å²) < 4.78 is 5.60. The molecule has 0 amide bonds. The summed E-state index contributed by atoms with van der Waals surface area (Å²) in [5, 5.41) is 0. The highest BCUT2D eigenvalue weighted by atomic mass is 16.5. The van der Waals surface area contributed by atoms with Crippen LogP contribution in [0.15, 0.2) is 24.3 Å². The van der Waals surface area contributed by atoms with Crippen molar-refractivity contribution < 1.29 is 9.53 Å². The molecule has 3 heteroatoms. The molecule has 0 N–H and O–H groups in total. The average molecular weight is 301 g/mol. The van der Waals surface area contributed by atoms with E-state index in [4.69, 9.17) is 4.74 Å². The first-order valence-electron chi connectivity index (χ1n) is 8.46. The quantitative estimate of drug-likeness (QED) is 0.800. The summed E-state index contributed by atoms with van der Waals surface area (Å²) in [6, 6.07) is 9.64. The number of hydrogen-bond acceptors (Lipinski definition) is 3. The fraction of sp³-hybridized carbons (Fsp3) is 0.632. The molecule has 1 aromatic rings. The molecule has 2 saturated heterocycles. The van der Waals surface area contributed by atoms with Crippen molar-refractivity contribution in [3.8, 4) is 0 Å². The monoisotopic (exact) mass is 301 g/mol. The van der Waals surface area contributed by atoms with E-state index in [1.165, 1.54) is 17.5 Å². The van der Waals surface area contributed by atoms with Crippen LogP contribution < -0.4 is 0 Å². The number of nitrogens with zero attached hydrogens (tertiary/aromatic N) is 1. The molecule has 0 saturated carbocycles. The van der Waals surface area contributed by atoms with Crippen molar-refractivity contribution in [3.63, 3.8) is 0 Å². The van der Waals surface area contributed by atoms with Gasteiger partial charge in [-0.1, -0.05) is 29.8 Å². The largest absolute Gasteiger partial charge is 0.463 e.